The number of hydrazone groups is 1. The molecule has 6 heteroatoms. The number of nitrogens with zero attached hydrogens (tertiary/aromatic N) is 1. The number of nitrogens with one attached hydrogen (secondary N) is 2. The lowest BCUT2D eigenvalue weighted by atomic mass is 10.2. The number of para-hydroxylation sites is 1. The third kappa shape index (κ3) is 2.87. The number of phenols is 1. The predicted octanol–water partition coefficient (Wildman–Crippen LogP) is 3.40. The van der Waals surface area contributed by atoms with Crippen LogP contribution in [0.2, 0.25) is 0 Å². The summed E-state index contributed by atoms with van der Waals surface area (Å²) in [6, 6.07) is 12.5. The second-order valence-corrected chi connectivity index (χ2v) is 5.57. The Morgan fingerprint density at radius 1 is 1.27 bits per heavy atom. The second-order valence-electron chi connectivity index (χ2n) is 4.65. The number of rotatable bonds is 3. The highest BCUT2D eigenvalue weighted by atomic mass is 79.9. The quantitative estimate of drug-likeness (QED) is 0.496. The van der Waals surface area contributed by atoms with Gasteiger partial charge in [-0.1, -0.05) is 34.1 Å². The number of benzene rings is 2. The summed E-state index contributed by atoms with van der Waals surface area (Å²) in [6.45, 7) is 0. The molecule has 3 aromatic rings. The summed E-state index contributed by atoms with van der Waals surface area (Å²) in [5, 5.41) is 14.4. The van der Waals surface area contributed by atoms with Gasteiger partial charge < -0.3 is 10.1 Å². The average molecular weight is 358 g/mol. The molecule has 110 valence electrons. The Balaban J connectivity index is 1.77. The van der Waals surface area contributed by atoms with Crippen molar-refractivity contribution < 1.29 is 9.90 Å². The van der Waals surface area contributed by atoms with Gasteiger partial charge in [-0.2, -0.15) is 5.10 Å². The first-order valence-corrected chi connectivity index (χ1v) is 7.32. The van der Waals surface area contributed by atoms with Crippen LogP contribution in [0.15, 0.2) is 58.2 Å². The Kier molecular flexibility index (Phi) is 3.93. The third-order valence-corrected chi connectivity index (χ3v) is 3.69. The van der Waals surface area contributed by atoms with Gasteiger partial charge in [-0.15, -0.1) is 0 Å². The molecule has 3 N–H and O–H groups in total. The zero-order chi connectivity index (χ0) is 15.5. The number of halogens is 1. The number of carbonyl (C=O) groups is 1. The molecule has 0 saturated carbocycles. The maximum Gasteiger partial charge on any atom is 0.273 e. The molecule has 0 atom stereocenters. The molecule has 0 unspecified atom stereocenters. The third-order valence-electron chi connectivity index (χ3n) is 3.19. The first kappa shape index (κ1) is 14.3. The smallest absolute Gasteiger partial charge is 0.273 e. The minimum atomic E-state index is -0.316. The highest BCUT2D eigenvalue weighted by Crippen LogP contribution is 2.20. The molecular formula is C16H12BrN3O2. The number of phenolic OH excluding ortho intramolecular Hbond substituents is 1. The van der Waals surface area contributed by atoms with Gasteiger partial charge in [0.05, 0.1) is 11.8 Å². The fourth-order valence-corrected chi connectivity index (χ4v) is 2.49. The summed E-state index contributed by atoms with van der Waals surface area (Å²) in [5.74, 6) is -0.225. The number of aromatic nitrogens is 1. The molecule has 3 rings (SSSR count). The lowest BCUT2D eigenvalue weighted by molar-refractivity contribution is 0.0957. The van der Waals surface area contributed by atoms with Crippen LogP contribution in [0.25, 0.3) is 10.9 Å². The number of hydrogen-bond donors (Lipinski definition) is 3. The molecule has 2 aromatic carbocycles. The summed E-state index contributed by atoms with van der Waals surface area (Å²) in [6.07, 6.45) is 3.04. The molecule has 1 amide bonds. The van der Waals surface area contributed by atoms with Gasteiger partial charge in [0.1, 0.15) is 5.75 Å². The molecule has 0 bridgehead atoms. The van der Waals surface area contributed by atoms with Crippen LogP contribution >= 0.6 is 15.9 Å². The Morgan fingerprint density at radius 2 is 2.09 bits per heavy atom. The van der Waals surface area contributed by atoms with Crippen LogP contribution in [-0.2, 0) is 0 Å². The van der Waals surface area contributed by atoms with Crippen LogP contribution in [0, 0.1) is 0 Å². The molecule has 1 aromatic heterocycles. The predicted molar refractivity (Wildman–Crippen MR) is 89.2 cm³/mol. The van der Waals surface area contributed by atoms with Gasteiger partial charge in [-0.25, -0.2) is 5.43 Å². The summed E-state index contributed by atoms with van der Waals surface area (Å²) in [5.41, 5.74) is 4.37. The average Bonchev–Trinajstić information content (AvgIpc) is 2.94. The number of amides is 1. The Labute approximate surface area is 134 Å². The van der Waals surface area contributed by atoms with Gasteiger partial charge in [0, 0.05) is 27.1 Å². The molecule has 0 fully saturated rings. The Morgan fingerprint density at radius 3 is 2.95 bits per heavy atom. The fourth-order valence-electron chi connectivity index (χ4n) is 2.11. The van der Waals surface area contributed by atoms with E-state index in [1.54, 1.807) is 24.4 Å². The van der Waals surface area contributed by atoms with Crippen LogP contribution in [0.4, 0.5) is 0 Å². The number of hydrogen-bond acceptors (Lipinski definition) is 3. The topological polar surface area (TPSA) is 77.5 Å². The molecule has 0 spiro atoms. The van der Waals surface area contributed by atoms with E-state index < -0.39 is 0 Å². The van der Waals surface area contributed by atoms with Crippen LogP contribution in [-0.4, -0.2) is 22.2 Å². The van der Waals surface area contributed by atoms with E-state index in [0.29, 0.717) is 11.1 Å². The van der Waals surface area contributed by atoms with E-state index in [0.717, 1.165) is 15.4 Å². The van der Waals surface area contributed by atoms with Crippen molar-refractivity contribution in [3.63, 3.8) is 0 Å². The van der Waals surface area contributed by atoms with E-state index in [4.69, 9.17) is 0 Å². The molecule has 0 aliphatic rings. The number of fused-ring (bicyclic) bond motifs is 1. The molecule has 0 radical (unpaired) electrons. The van der Waals surface area contributed by atoms with E-state index >= 15 is 0 Å². The first-order valence-electron chi connectivity index (χ1n) is 6.53. The molecular weight excluding hydrogens is 346 g/mol. The van der Waals surface area contributed by atoms with Crippen LogP contribution in [0.1, 0.15) is 15.9 Å². The van der Waals surface area contributed by atoms with Crippen LogP contribution in [0.5, 0.6) is 5.75 Å². The minimum absolute atomic E-state index is 0.0910. The van der Waals surface area contributed by atoms with Crippen molar-refractivity contribution in [2.45, 2.75) is 0 Å². The van der Waals surface area contributed by atoms with E-state index in [2.05, 4.69) is 31.4 Å². The van der Waals surface area contributed by atoms with E-state index in [-0.39, 0.29) is 11.7 Å². The molecule has 1 heterocycles. The largest absolute Gasteiger partial charge is 0.507 e. The highest BCUT2D eigenvalue weighted by Gasteiger charge is 2.10. The normalized spacial score (nSPS) is 11.1. The molecule has 0 aliphatic carbocycles. The fraction of sp³-hybridized carbons (Fsp3) is 0. The van der Waals surface area contributed by atoms with Crippen molar-refractivity contribution in [2.75, 3.05) is 0 Å². The second kappa shape index (κ2) is 6.03. The molecule has 5 nitrogen and oxygen atoms in total. The van der Waals surface area contributed by atoms with Crippen molar-refractivity contribution in [3.8, 4) is 5.75 Å². The lowest BCUT2D eigenvalue weighted by Crippen LogP contribution is -2.17. The number of carbonyl (C=O) groups excluding carboxylic acids is 1. The maximum absolute atomic E-state index is 12.1. The van der Waals surface area contributed by atoms with Gasteiger partial charge in [0.15, 0.2) is 0 Å². The Bertz CT molecular complexity index is 871. The summed E-state index contributed by atoms with van der Waals surface area (Å²) in [7, 11) is 0. The van der Waals surface area contributed by atoms with Crippen LogP contribution < -0.4 is 5.43 Å². The molecule has 0 aliphatic heterocycles. The van der Waals surface area contributed by atoms with E-state index in [1.807, 2.05) is 24.3 Å². The SMILES string of the molecule is O=C(N/N=C\c1cc(Br)ccc1O)c1c[nH]c2ccccc12. The van der Waals surface area contributed by atoms with Gasteiger partial charge in [-0.05, 0) is 24.3 Å². The van der Waals surface area contributed by atoms with Gasteiger partial charge >= 0.3 is 0 Å². The Hall–Kier alpha value is -2.60. The highest BCUT2D eigenvalue weighted by molar-refractivity contribution is 9.10. The zero-order valence-electron chi connectivity index (χ0n) is 11.4. The first-order chi connectivity index (χ1) is 10.6. The maximum atomic E-state index is 12.1. The summed E-state index contributed by atoms with van der Waals surface area (Å²) < 4.78 is 0.815. The van der Waals surface area contributed by atoms with E-state index in [9.17, 15) is 9.90 Å². The molecule has 22 heavy (non-hydrogen) atoms. The van der Waals surface area contributed by atoms with Crippen molar-refractivity contribution in [3.05, 3.63) is 64.3 Å². The van der Waals surface area contributed by atoms with Crippen molar-refractivity contribution in [2.24, 2.45) is 5.10 Å². The van der Waals surface area contributed by atoms with Crippen molar-refractivity contribution in [1.29, 1.82) is 0 Å². The van der Waals surface area contributed by atoms with Crippen molar-refractivity contribution in [1.82, 2.24) is 10.4 Å². The number of aromatic amines is 1. The summed E-state index contributed by atoms with van der Waals surface area (Å²) in [4.78, 5) is 15.2. The van der Waals surface area contributed by atoms with Crippen molar-refractivity contribution >= 4 is 39.0 Å². The van der Waals surface area contributed by atoms with Gasteiger partial charge in [-0.3, -0.25) is 4.79 Å². The molecule has 0 saturated heterocycles. The standard InChI is InChI=1S/C16H12BrN3O2/c17-11-5-6-15(21)10(7-11)8-19-20-16(22)13-9-18-14-4-2-1-3-12(13)14/h1-9,18,21H,(H,20,22)/b19-8-. The summed E-state index contributed by atoms with van der Waals surface area (Å²) >= 11 is 3.31. The van der Waals surface area contributed by atoms with Crippen LogP contribution in [0.3, 0.4) is 0 Å². The number of aromatic hydroxyl groups is 1. The lowest BCUT2D eigenvalue weighted by Gasteiger charge is -2.00. The number of H-pyrrole nitrogens is 1. The van der Waals surface area contributed by atoms with Gasteiger partial charge in [0.25, 0.3) is 5.91 Å². The van der Waals surface area contributed by atoms with E-state index in [1.165, 1.54) is 6.21 Å². The minimum Gasteiger partial charge on any atom is -0.507 e. The monoisotopic (exact) mass is 357 g/mol. The van der Waals surface area contributed by atoms with Gasteiger partial charge in [0.2, 0.25) is 0 Å². The zero-order valence-corrected chi connectivity index (χ0v) is 13.0.